The minimum Gasteiger partial charge on any atom is -0.483 e. The summed E-state index contributed by atoms with van der Waals surface area (Å²) in [7, 11) is 0. The lowest BCUT2D eigenvalue weighted by atomic mass is 9.92. The van der Waals surface area contributed by atoms with Crippen molar-refractivity contribution >= 4 is 23.2 Å². The number of nitrogens with one attached hydrogen (secondary N) is 3. The third-order valence-corrected chi connectivity index (χ3v) is 4.43. The standard InChI is InChI=1S/C22H27N3O4/c1-14(2)16-7-6-8-17(11-16)22(4,5)24-21(27)23-18-10-9-15(3)19(12-18)29-13-20(26)25-28/h6-12,28H,1,13H2,2-5H3,(H,25,26)(H2,23,24,27). The second kappa shape index (κ2) is 9.25. The van der Waals surface area contributed by atoms with Gasteiger partial charge in [-0.25, -0.2) is 10.3 Å². The van der Waals surface area contributed by atoms with Gasteiger partial charge in [0, 0.05) is 11.8 Å². The number of allylic oxidation sites excluding steroid dienone is 1. The van der Waals surface area contributed by atoms with Crippen molar-refractivity contribution in [2.24, 2.45) is 0 Å². The van der Waals surface area contributed by atoms with Gasteiger partial charge in [0.15, 0.2) is 6.61 Å². The lowest BCUT2D eigenvalue weighted by Gasteiger charge is -2.27. The van der Waals surface area contributed by atoms with Crippen molar-refractivity contribution in [1.82, 2.24) is 10.8 Å². The molecule has 0 unspecified atom stereocenters. The monoisotopic (exact) mass is 397 g/mol. The fourth-order valence-corrected chi connectivity index (χ4v) is 2.70. The molecular formula is C22H27N3O4. The maximum atomic E-state index is 12.6. The summed E-state index contributed by atoms with van der Waals surface area (Å²) in [5.41, 5.74) is 5.12. The molecule has 2 aromatic rings. The van der Waals surface area contributed by atoms with Gasteiger partial charge in [0.1, 0.15) is 5.75 Å². The zero-order chi connectivity index (χ0) is 21.6. The highest BCUT2D eigenvalue weighted by atomic mass is 16.5. The first-order valence-corrected chi connectivity index (χ1v) is 9.14. The number of benzene rings is 2. The fraction of sp³-hybridized carbons (Fsp3) is 0.273. The number of hydrogen-bond acceptors (Lipinski definition) is 4. The zero-order valence-corrected chi connectivity index (χ0v) is 17.1. The SMILES string of the molecule is C=C(C)c1cccc(C(C)(C)NC(=O)Nc2ccc(C)c(OCC(=O)NO)c2)c1. The highest BCUT2D eigenvalue weighted by Crippen LogP contribution is 2.25. The van der Waals surface area contributed by atoms with Crippen molar-refractivity contribution in [2.75, 3.05) is 11.9 Å². The summed E-state index contributed by atoms with van der Waals surface area (Å²) >= 11 is 0. The topological polar surface area (TPSA) is 99.7 Å². The number of ether oxygens (including phenoxy) is 1. The van der Waals surface area contributed by atoms with Gasteiger partial charge in [-0.05, 0) is 56.5 Å². The third kappa shape index (κ3) is 6.08. The summed E-state index contributed by atoms with van der Waals surface area (Å²) < 4.78 is 5.37. The van der Waals surface area contributed by atoms with E-state index in [-0.39, 0.29) is 12.6 Å². The molecule has 0 spiro atoms. The summed E-state index contributed by atoms with van der Waals surface area (Å²) in [5, 5.41) is 14.3. The number of amides is 3. The van der Waals surface area contributed by atoms with Gasteiger partial charge < -0.3 is 15.4 Å². The molecule has 0 bridgehead atoms. The van der Waals surface area contributed by atoms with Crippen LogP contribution in [0.1, 0.15) is 37.5 Å². The van der Waals surface area contributed by atoms with Crippen LogP contribution in [0.15, 0.2) is 49.0 Å². The predicted molar refractivity (Wildman–Crippen MR) is 113 cm³/mol. The number of hydroxylamine groups is 1. The van der Waals surface area contributed by atoms with Crippen molar-refractivity contribution < 1.29 is 19.5 Å². The molecule has 0 atom stereocenters. The van der Waals surface area contributed by atoms with Gasteiger partial charge in [0.2, 0.25) is 0 Å². The van der Waals surface area contributed by atoms with Crippen molar-refractivity contribution in [3.05, 3.63) is 65.7 Å². The van der Waals surface area contributed by atoms with Gasteiger partial charge >= 0.3 is 6.03 Å². The quantitative estimate of drug-likeness (QED) is 0.420. The number of carbonyl (C=O) groups is 2. The van der Waals surface area contributed by atoms with Gasteiger partial charge in [0.25, 0.3) is 5.91 Å². The second-order valence-corrected chi connectivity index (χ2v) is 7.37. The van der Waals surface area contributed by atoms with E-state index in [9.17, 15) is 9.59 Å². The van der Waals surface area contributed by atoms with Gasteiger partial charge in [0.05, 0.1) is 5.54 Å². The highest BCUT2D eigenvalue weighted by molar-refractivity contribution is 5.90. The van der Waals surface area contributed by atoms with Crippen LogP contribution >= 0.6 is 0 Å². The molecule has 3 amide bonds. The van der Waals surface area contributed by atoms with E-state index in [0.29, 0.717) is 11.4 Å². The van der Waals surface area contributed by atoms with E-state index in [0.717, 1.165) is 22.3 Å². The van der Waals surface area contributed by atoms with E-state index in [4.69, 9.17) is 9.94 Å². The Morgan fingerprint density at radius 2 is 1.90 bits per heavy atom. The Labute approximate surface area is 170 Å². The molecular weight excluding hydrogens is 370 g/mol. The van der Waals surface area contributed by atoms with Crippen LogP contribution in [0.25, 0.3) is 5.57 Å². The van der Waals surface area contributed by atoms with Gasteiger partial charge in [-0.3, -0.25) is 10.0 Å². The van der Waals surface area contributed by atoms with Crippen LogP contribution in [0.2, 0.25) is 0 Å². The van der Waals surface area contributed by atoms with Gasteiger partial charge in [-0.2, -0.15) is 0 Å². The van der Waals surface area contributed by atoms with Crippen molar-refractivity contribution in [3.8, 4) is 5.75 Å². The molecule has 2 rings (SSSR count). The molecule has 0 aliphatic carbocycles. The van der Waals surface area contributed by atoms with E-state index in [1.165, 1.54) is 5.48 Å². The Bertz CT molecular complexity index is 922. The molecule has 154 valence electrons. The van der Waals surface area contributed by atoms with Crippen molar-refractivity contribution in [2.45, 2.75) is 33.2 Å². The van der Waals surface area contributed by atoms with Crippen molar-refractivity contribution in [3.63, 3.8) is 0 Å². The zero-order valence-electron chi connectivity index (χ0n) is 17.1. The predicted octanol–water partition coefficient (Wildman–Crippen LogP) is 3.97. The molecule has 0 aliphatic heterocycles. The van der Waals surface area contributed by atoms with E-state index in [1.54, 1.807) is 18.2 Å². The summed E-state index contributed by atoms with van der Waals surface area (Å²) in [6.07, 6.45) is 0. The van der Waals surface area contributed by atoms with Gasteiger partial charge in [-0.15, -0.1) is 0 Å². The number of hydrogen-bond donors (Lipinski definition) is 4. The third-order valence-electron chi connectivity index (χ3n) is 4.43. The summed E-state index contributed by atoms with van der Waals surface area (Å²) in [6, 6.07) is 12.6. The molecule has 29 heavy (non-hydrogen) atoms. The first-order valence-electron chi connectivity index (χ1n) is 9.14. The molecule has 0 heterocycles. The highest BCUT2D eigenvalue weighted by Gasteiger charge is 2.23. The molecule has 0 aromatic heterocycles. The van der Waals surface area contributed by atoms with Crippen LogP contribution in [0, 0.1) is 6.92 Å². The normalized spacial score (nSPS) is 10.8. The molecule has 0 saturated heterocycles. The molecule has 2 aromatic carbocycles. The van der Waals surface area contributed by atoms with E-state index < -0.39 is 11.4 Å². The van der Waals surface area contributed by atoms with Crippen LogP contribution in [0.5, 0.6) is 5.75 Å². The Hall–Kier alpha value is -3.32. The molecule has 7 heteroatoms. The maximum absolute atomic E-state index is 12.6. The molecule has 0 saturated carbocycles. The largest absolute Gasteiger partial charge is 0.483 e. The van der Waals surface area contributed by atoms with Crippen molar-refractivity contribution in [1.29, 1.82) is 0 Å². The fourth-order valence-electron chi connectivity index (χ4n) is 2.70. The number of urea groups is 1. The molecule has 0 radical (unpaired) electrons. The lowest BCUT2D eigenvalue weighted by molar-refractivity contribution is -0.131. The van der Waals surface area contributed by atoms with E-state index >= 15 is 0 Å². The van der Waals surface area contributed by atoms with Gasteiger partial charge in [-0.1, -0.05) is 36.4 Å². The summed E-state index contributed by atoms with van der Waals surface area (Å²) in [4.78, 5) is 23.7. The van der Waals surface area contributed by atoms with Crippen LogP contribution in [-0.4, -0.2) is 23.8 Å². The molecule has 0 aliphatic rings. The van der Waals surface area contributed by atoms with Crippen LogP contribution in [0.4, 0.5) is 10.5 Å². The molecule has 4 N–H and O–H groups in total. The summed E-state index contributed by atoms with van der Waals surface area (Å²) in [5.74, 6) is -0.237. The smallest absolute Gasteiger partial charge is 0.319 e. The first kappa shape index (κ1) is 22.0. The Morgan fingerprint density at radius 3 is 2.55 bits per heavy atom. The number of aryl methyl sites for hydroxylation is 1. The molecule has 0 fully saturated rings. The number of carbonyl (C=O) groups excluding carboxylic acids is 2. The number of anilines is 1. The Kier molecular flexibility index (Phi) is 7.01. The molecule has 7 nitrogen and oxygen atoms in total. The minimum atomic E-state index is -0.667. The Balaban J connectivity index is 2.09. The van der Waals surface area contributed by atoms with Crippen LogP contribution < -0.4 is 20.9 Å². The average molecular weight is 397 g/mol. The van der Waals surface area contributed by atoms with Crippen LogP contribution in [-0.2, 0) is 10.3 Å². The average Bonchev–Trinajstić information content (AvgIpc) is 2.67. The summed E-state index contributed by atoms with van der Waals surface area (Å²) in [6.45, 7) is 11.2. The number of rotatable bonds is 7. The Morgan fingerprint density at radius 1 is 1.17 bits per heavy atom. The van der Waals surface area contributed by atoms with E-state index in [1.807, 2.05) is 52.0 Å². The second-order valence-electron chi connectivity index (χ2n) is 7.37. The maximum Gasteiger partial charge on any atom is 0.319 e. The lowest BCUT2D eigenvalue weighted by Crippen LogP contribution is -2.43. The first-order chi connectivity index (χ1) is 13.6. The van der Waals surface area contributed by atoms with E-state index in [2.05, 4.69) is 17.2 Å². The minimum absolute atomic E-state index is 0.334. The van der Waals surface area contributed by atoms with Crippen LogP contribution in [0.3, 0.4) is 0 Å².